The van der Waals surface area contributed by atoms with Crippen LogP contribution < -0.4 is 5.32 Å². The number of hydrogen-bond donors (Lipinski definition) is 1. The molecule has 0 saturated carbocycles. The van der Waals surface area contributed by atoms with Gasteiger partial charge >= 0.3 is 0 Å². The molecule has 1 aromatic rings. The first-order chi connectivity index (χ1) is 9.66. The van der Waals surface area contributed by atoms with Crippen molar-refractivity contribution in [2.75, 3.05) is 25.0 Å². The van der Waals surface area contributed by atoms with Gasteiger partial charge in [-0.1, -0.05) is 36.0 Å². The second-order valence-corrected chi connectivity index (χ2v) is 5.94. The topological polar surface area (TPSA) is 32.3 Å². The minimum Gasteiger partial charge on any atom is -0.383 e. The Kier molecular flexibility index (Phi) is 5.99. The van der Waals surface area contributed by atoms with Crippen LogP contribution in [0.25, 0.3) is 0 Å². The van der Waals surface area contributed by atoms with Gasteiger partial charge in [0, 0.05) is 31.1 Å². The first kappa shape index (κ1) is 15.5. The Morgan fingerprint density at radius 3 is 2.50 bits per heavy atom. The Balaban J connectivity index is 1.78. The van der Waals surface area contributed by atoms with Gasteiger partial charge < -0.3 is 10.2 Å². The molecule has 0 aliphatic carbocycles. The van der Waals surface area contributed by atoms with E-state index < -0.39 is 0 Å². The maximum absolute atomic E-state index is 12.1. The Morgan fingerprint density at radius 1 is 1.15 bits per heavy atom. The van der Waals surface area contributed by atoms with Crippen molar-refractivity contribution >= 4 is 34.8 Å². The Bertz CT molecular complexity index is 457. The monoisotopic (exact) mass is 314 g/mol. The van der Waals surface area contributed by atoms with Gasteiger partial charge in [0.1, 0.15) is 0 Å². The molecule has 0 atom stereocenters. The largest absolute Gasteiger partial charge is 0.383 e. The number of rotatable bonds is 4. The van der Waals surface area contributed by atoms with Gasteiger partial charge in [0.05, 0.1) is 10.7 Å². The minimum absolute atomic E-state index is 0.226. The molecule has 1 aromatic carbocycles. The number of halogens is 2. The summed E-state index contributed by atoms with van der Waals surface area (Å²) in [5, 5.41) is 4.38. The quantitative estimate of drug-likeness (QED) is 0.903. The third kappa shape index (κ3) is 4.57. The highest BCUT2D eigenvalue weighted by molar-refractivity contribution is 6.36. The molecule has 1 saturated heterocycles. The molecule has 1 aliphatic rings. The van der Waals surface area contributed by atoms with Crippen molar-refractivity contribution in [2.24, 2.45) is 0 Å². The molecule has 3 nitrogen and oxygen atoms in total. The Labute approximate surface area is 130 Å². The second-order valence-electron chi connectivity index (χ2n) is 5.10. The predicted octanol–water partition coefficient (Wildman–Crippen LogP) is 4.20. The second kappa shape index (κ2) is 7.75. The summed E-state index contributed by atoms with van der Waals surface area (Å²) in [6.45, 7) is 2.40. The van der Waals surface area contributed by atoms with Gasteiger partial charge in [-0.25, -0.2) is 0 Å². The summed E-state index contributed by atoms with van der Waals surface area (Å²) in [5.41, 5.74) is 0.819. The molecule has 0 radical (unpaired) electrons. The lowest BCUT2D eigenvalue weighted by molar-refractivity contribution is -0.130. The van der Waals surface area contributed by atoms with Crippen LogP contribution in [0.5, 0.6) is 0 Å². The van der Waals surface area contributed by atoms with E-state index in [1.807, 2.05) is 11.0 Å². The van der Waals surface area contributed by atoms with Crippen LogP contribution in [-0.2, 0) is 4.79 Å². The Morgan fingerprint density at radius 2 is 1.85 bits per heavy atom. The van der Waals surface area contributed by atoms with E-state index in [1.54, 1.807) is 12.1 Å². The zero-order valence-electron chi connectivity index (χ0n) is 11.5. The SMILES string of the molecule is O=C(CCNc1ccc(Cl)cc1Cl)N1CCCCCC1. The molecule has 0 bridgehead atoms. The third-order valence-corrected chi connectivity index (χ3v) is 4.09. The molecule has 20 heavy (non-hydrogen) atoms. The van der Waals surface area contributed by atoms with Crippen molar-refractivity contribution in [3.05, 3.63) is 28.2 Å². The van der Waals surface area contributed by atoms with Gasteiger partial charge in [-0.2, -0.15) is 0 Å². The van der Waals surface area contributed by atoms with Crippen molar-refractivity contribution in [2.45, 2.75) is 32.1 Å². The lowest BCUT2D eigenvalue weighted by atomic mass is 10.2. The first-order valence-electron chi connectivity index (χ1n) is 7.13. The molecule has 1 heterocycles. The van der Waals surface area contributed by atoms with E-state index >= 15 is 0 Å². The highest BCUT2D eigenvalue weighted by Crippen LogP contribution is 2.25. The van der Waals surface area contributed by atoms with Crippen molar-refractivity contribution < 1.29 is 4.79 Å². The summed E-state index contributed by atoms with van der Waals surface area (Å²) in [4.78, 5) is 14.1. The number of likely N-dealkylation sites (tertiary alicyclic amines) is 1. The predicted molar refractivity (Wildman–Crippen MR) is 84.6 cm³/mol. The molecule has 1 amide bonds. The van der Waals surface area contributed by atoms with Crippen molar-refractivity contribution in [1.82, 2.24) is 4.90 Å². The molecule has 2 rings (SSSR count). The number of carbonyl (C=O) groups excluding carboxylic acids is 1. The Hall–Kier alpha value is -0.930. The van der Waals surface area contributed by atoms with E-state index in [9.17, 15) is 4.79 Å². The van der Waals surface area contributed by atoms with Gasteiger partial charge in [-0.05, 0) is 31.0 Å². The highest BCUT2D eigenvalue weighted by Gasteiger charge is 2.14. The molecule has 5 heteroatoms. The number of anilines is 1. The normalized spacial score (nSPS) is 15.8. The fraction of sp³-hybridized carbons (Fsp3) is 0.533. The van der Waals surface area contributed by atoms with Crippen LogP contribution in [0, 0.1) is 0 Å². The average Bonchev–Trinajstić information content (AvgIpc) is 2.70. The first-order valence-corrected chi connectivity index (χ1v) is 7.89. The van der Waals surface area contributed by atoms with Gasteiger partial charge in [0.15, 0.2) is 0 Å². The van der Waals surface area contributed by atoms with Crippen LogP contribution in [0.4, 0.5) is 5.69 Å². The number of benzene rings is 1. The number of amides is 1. The van der Waals surface area contributed by atoms with Crippen LogP contribution in [0.2, 0.25) is 10.0 Å². The number of nitrogens with one attached hydrogen (secondary N) is 1. The molecule has 110 valence electrons. The van der Waals surface area contributed by atoms with Gasteiger partial charge in [0.2, 0.25) is 5.91 Å². The highest BCUT2D eigenvalue weighted by atomic mass is 35.5. The molecule has 1 fully saturated rings. The van der Waals surface area contributed by atoms with Crippen molar-refractivity contribution in [1.29, 1.82) is 0 Å². The van der Waals surface area contributed by atoms with Crippen LogP contribution in [0.15, 0.2) is 18.2 Å². The van der Waals surface area contributed by atoms with E-state index in [1.165, 1.54) is 12.8 Å². The standard InChI is InChI=1S/C15H20Cl2N2O/c16-12-5-6-14(13(17)11-12)18-8-7-15(20)19-9-3-1-2-4-10-19/h5-6,11,18H,1-4,7-10H2. The maximum atomic E-state index is 12.1. The lowest BCUT2D eigenvalue weighted by Crippen LogP contribution is -2.32. The number of nitrogens with zero attached hydrogens (tertiary/aromatic N) is 1. The van der Waals surface area contributed by atoms with E-state index in [2.05, 4.69) is 5.32 Å². The maximum Gasteiger partial charge on any atom is 0.224 e. The van der Waals surface area contributed by atoms with Crippen molar-refractivity contribution in [3.63, 3.8) is 0 Å². The molecule has 0 unspecified atom stereocenters. The number of carbonyl (C=O) groups is 1. The van der Waals surface area contributed by atoms with Crippen LogP contribution in [0.3, 0.4) is 0 Å². The van der Waals surface area contributed by atoms with Crippen molar-refractivity contribution in [3.8, 4) is 0 Å². The lowest BCUT2D eigenvalue weighted by Gasteiger charge is -2.20. The van der Waals surface area contributed by atoms with E-state index in [0.717, 1.165) is 31.6 Å². The fourth-order valence-electron chi connectivity index (χ4n) is 2.42. The molecular weight excluding hydrogens is 295 g/mol. The fourth-order valence-corrected chi connectivity index (χ4v) is 2.89. The van der Waals surface area contributed by atoms with Gasteiger partial charge in [-0.15, -0.1) is 0 Å². The smallest absolute Gasteiger partial charge is 0.224 e. The summed E-state index contributed by atoms with van der Waals surface area (Å²) < 4.78 is 0. The molecule has 1 aliphatic heterocycles. The molecular formula is C15H20Cl2N2O. The zero-order chi connectivity index (χ0) is 14.4. The van der Waals surface area contributed by atoms with Crippen LogP contribution >= 0.6 is 23.2 Å². The molecule has 0 aromatic heterocycles. The summed E-state index contributed by atoms with van der Waals surface area (Å²) in [6.07, 6.45) is 5.23. The van der Waals surface area contributed by atoms with Gasteiger partial charge in [0.25, 0.3) is 0 Å². The summed E-state index contributed by atoms with van der Waals surface area (Å²) in [6, 6.07) is 5.32. The zero-order valence-corrected chi connectivity index (χ0v) is 13.0. The minimum atomic E-state index is 0.226. The average molecular weight is 315 g/mol. The third-order valence-electron chi connectivity index (χ3n) is 3.54. The van der Waals surface area contributed by atoms with E-state index in [4.69, 9.17) is 23.2 Å². The molecule has 1 N–H and O–H groups in total. The van der Waals surface area contributed by atoms with Crippen LogP contribution in [-0.4, -0.2) is 30.4 Å². The van der Waals surface area contributed by atoms with Gasteiger partial charge in [-0.3, -0.25) is 4.79 Å². The summed E-state index contributed by atoms with van der Waals surface area (Å²) in [7, 11) is 0. The van der Waals surface area contributed by atoms with E-state index in [-0.39, 0.29) is 5.91 Å². The molecule has 0 spiro atoms. The van der Waals surface area contributed by atoms with E-state index in [0.29, 0.717) is 23.0 Å². The summed E-state index contributed by atoms with van der Waals surface area (Å²) in [5.74, 6) is 0.226. The number of hydrogen-bond acceptors (Lipinski definition) is 2. The summed E-state index contributed by atoms with van der Waals surface area (Å²) >= 11 is 11.9. The van der Waals surface area contributed by atoms with Crippen LogP contribution in [0.1, 0.15) is 32.1 Å².